The molecule has 2 aromatic carbocycles. The molecule has 15 heteroatoms. The van der Waals surface area contributed by atoms with Crippen molar-refractivity contribution in [2.24, 2.45) is 0 Å². The molecule has 1 amide bonds. The van der Waals surface area contributed by atoms with Crippen LogP contribution >= 0.6 is 0 Å². The highest BCUT2D eigenvalue weighted by Crippen LogP contribution is 2.37. The quantitative estimate of drug-likeness (QED) is 0.131. The molecule has 0 fully saturated rings. The SMILES string of the molecule is CC(C)c1cc(-c2n[nH]c(=O)n2-c2ccc3c(ccn3CCOCCNC(=O)CCn3cc(F)c(=O)[nH]c3=O)c2)c(O)cc1O. The average Bonchev–Trinajstić information content (AvgIpc) is 3.58. The van der Waals surface area contributed by atoms with Crippen LogP contribution in [0.1, 0.15) is 31.7 Å². The van der Waals surface area contributed by atoms with Crippen LogP contribution in [-0.2, 0) is 22.6 Å². The summed E-state index contributed by atoms with van der Waals surface area (Å²) >= 11 is 0. The van der Waals surface area contributed by atoms with E-state index in [1.165, 1.54) is 10.6 Å². The van der Waals surface area contributed by atoms with Crippen molar-refractivity contribution in [1.29, 1.82) is 0 Å². The lowest BCUT2D eigenvalue weighted by molar-refractivity contribution is -0.121. The number of aromatic amines is 2. The van der Waals surface area contributed by atoms with Gasteiger partial charge < -0.3 is 24.8 Å². The molecular formula is C30H32FN7O7. The number of nitrogens with one attached hydrogen (secondary N) is 3. The molecule has 0 bridgehead atoms. The van der Waals surface area contributed by atoms with E-state index < -0.39 is 22.8 Å². The first-order chi connectivity index (χ1) is 21.5. The zero-order chi connectivity index (χ0) is 32.2. The van der Waals surface area contributed by atoms with E-state index in [9.17, 15) is 33.8 Å². The molecule has 0 spiro atoms. The third kappa shape index (κ3) is 6.72. The van der Waals surface area contributed by atoms with Gasteiger partial charge in [-0.25, -0.2) is 19.3 Å². The monoisotopic (exact) mass is 621 g/mol. The van der Waals surface area contributed by atoms with E-state index >= 15 is 0 Å². The van der Waals surface area contributed by atoms with Gasteiger partial charge >= 0.3 is 11.4 Å². The largest absolute Gasteiger partial charge is 0.508 e. The van der Waals surface area contributed by atoms with Gasteiger partial charge in [-0.3, -0.25) is 19.1 Å². The van der Waals surface area contributed by atoms with E-state index in [2.05, 4.69) is 15.5 Å². The molecule has 0 aliphatic carbocycles. The van der Waals surface area contributed by atoms with Crippen molar-refractivity contribution in [3.8, 4) is 28.6 Å². The first kappa shape index (κ1) is 31.0. The molecule has 3 aromatic heterocycles. The van der Waals surface area contributed by atoms with Crippen LogP contribution in [0.2, 0.25) is 0 Å². The van der Waals surface area contributed by atoms with Crippen LogP contribution in [0, 0.1) is 5.82 Å². The smallest absolute Gasteiger partial charge is 0.348 e. The van der Waals surface area contributed by atoms with Gasteiger partial charge in [0.2, 0.25) is 11.7 Å². The van der Waals surface area contributed by atoms with Gasteiger partial charge in [0.1, 0.15) is 11.5 Å². The molecule has 45 heavy (non-hydrogen) atoms. The molecule has 0 unspecified atom stereocenters. The van der Waals surface area contributed by atoms with Crippen LogP contribution in [-0.4, -0.2) is 64.8 Å². The molecule has 14 nitrogen and oxygen atoms in total. The Morgan fingerprint density at radius 1 is 1.02 bits per heavy atom. The van der Waals surface area contributed by atoms with Crippen molar-refractivity contribution in [1.82, 2.24) is 34.2 Å². The average molecular weight is 622 g/mol. The number of aromatic hydroxyl groups is 2. The Labute approximate surface area is 254 Å². The Kier molecular flexibility index (Phi) is 8.99. The lowest BCUT2D eigenvalue weighted by atomic mass is 9.98. The van der Waals surface area contributed by atoms with Crippen molar-refractivity contribution in [2.75, 3.05) is 19.8 Å². The van der Waals surface area contributed by atoms with E-state index in [1.807, 2.05) is 47.8 Å². The van der Waals surface area contributed by atoms with Crippen molar-refractivity contribution in [3.05, 3.63) is 91.5 Å². The molecule has 0 radical (unpaired) electrons. The fourth-order valence-corrected chi connectivity index (χ4v) is 4.96. The number of hydrogen-bond acceptors (Lipinski definition) is 8. The molecule has 0 aliphatic rings. The number of aromatic nitrogens is 6. The standard InChI is InChI=1S/C30H32FN7O7/c1-17(2)20-14-21(25(40)15-24(20)39)27-34-35-30(44)38(27)19-3-4-23-18(13-19)5-8-36(23)10-12-45-11-7-32-26(41)6-9-37-16-22(31)28(42)33-29(37)43/h3-5,8,13-17,39-40H,6-7,9-12H2,1-2H3,(H,32,41)(H,35,44)(H,33,42,43). The molecule has 236 valence electrons. The third-order valence-corrected chi connectivity index (χ3v) is 7.29. The fraction of sp³-hybridized carbons (Fsp3) is 0.300. The van der Waals surface area contributed by atoms with Crippen LogP contribution in [0.4, 0.5) is 4.39 Å². The summed E-state index contributed by atoms with van der Waals surface area (Å²) in [5.41, 5.74) is -0.0273. The first-order valence-electron chi connectivity index (χ1n) is 14.2. The normalized spacial score (nSPS) is 11.5. The number of benzene rings is 2. The summed E-state index contributed by atoms with van der Waals surface area (Å²) in [6.45, 7) is 5.09. The van der Waals surface area contributed by atoms with Crippen LogP contribution < -0.4 is 22.3 Å². The number of ether oxygens (including phenoxy) is 1. The Balaban J connectivity index is 1.17. The zero-order valence-corrected chi connectivity index (χ0v) is 24.5. The second-order valence-electron chi connectivity index (χ2n) is 10.7. The molecule has 0 saturated heterocycles. The second-order valence-corrected chi connectivity index (χ2v) is 10.7. The van der Waals surface area contributed by atoms with Gasteiger partial charge in [0, 0.05) is 49.2 Å². The van der Waals surface area contributed by atoms with E-state index in [-0.39, 0.29) is 55.3 Å². The number of H-pyrrole nitrogens is 2. The second kappa shape index (κ2) is 13.1. The number of halogens is 1. The van der Waals surface area contributed by atoms with Crippen LogP contribution in [0.15, 0.2) is 63.2 Å². The molecule has 5 N–H and O–H groups in total. The fourth-order valence-electron chi connectivity index (χ4n) is 4.96. The number of phenols is 2. The van der Waals surface area contributed by atoms with Gasteiger partial charge in [0.25, 0.3) is 5.56 Å². The molecule has 5 rings (SSSR count). The highest BCUT2D eigenvalue weighted by molar-refractivity contribution is 5.83. The third-order valence-electron chi connectivity index (χ3n) is 7.29. The van der Waals surface area contributed by atoms with Crippen LogP contribution in [0.25, 0.3) is 28.0 Å². The van der Waals surface area contributed by atoms with E-state index in [0.29, 0.717) is 30.0 Å². The Morgan fingerprint density at radius 3 is 2.60 bits per heavy atom. The minimum absolute atomic E-state index is 0.0245. The maximum atomic E-state index is 13.4. The van der Waals surface area contributed by atoms with Gasteiger partial charge in [0.15, 0.2) is 5.82 Å². The number of rotatable bonds is 12. The number of amides is 1. The minimum Gasteiger partial charge on any atom is -0.508 e. The van der Waals surface area contributed by atoms with Gasteiger partial charge in [-0.1, -0.05) is 13.8 Å². The summed E-state index contributed by atoms with van der Waals surface area (Å²) in [4.78, 5) is 49.4. The maximum absolute atomic E-state index is 13.4. The Morgan fingerprint density at radius 2 is 1.82 bits per heavy atom. The lowest BCUT2D eigenvalue weighted by Crippen LogP contribution is -2.33. The zero-order valence-electron chi connectivity index (χ0n) is 24.5. The molecule has 0 aliphatic heterocycles. The topological polar surface area (TPSA) is 189 Å². The van der Waals surface area contributed by atoms with E-state index in [0.717, 1.165) is 21.7 Å². The summed E-state index contributed by atoms with van der Waals surface area (Å²) in [6.07, 6.45) is 2.58. The molecule has 0 saturated carbocycles. The summed E-state index contributed by atoms with van der Waals surface area (Å²) in [5, 5.41) is 30.9. The van der Waals surface area contributed by atoms with Crippen LogP contribution in [0.5, 0.6) is 11.5 Å². The Hall–Kier alpha value is -5.44. The maximum Gasteiger partial charge on any atom is 0.348 e. The summed E-state index contributed by atoms with van der Waals surface area (Å²) < 4.78 is 23.3. The summed E-state index contributed by atoms with van der Waals surface area (Å²) in [7, 11) is 0. The van der Waals surface area contributed by atoms with Gasteiger partial charge in [-0.15, -0.1) is 0 Å². The molecule has 3 heterocycles. The molecule has 0 atom stereocenters. The number of fused-ring (bicyclic) bond motifs is 1. The predicted molar refractivity (Wildman–Crippen MR) is 162 cm³/mol. The van der Waals surface area contributed by atoms with Crippen molar-refractivity contribution in [3.63, 3.8) is 0 Å². The number of carbonyl (C=O) groups excluding carboxylic acids is 1. The Bertz CT molecular complexity index is 2040. The summed E-state index contributed by atoms with van der Waals surface area (Å²) in [5.74, 6) is -1.52. The highest BCUT2D eigenvalue weighted by Gasteiger charge is 2.20. The van der Waals surface area contributed by atoms with Gasteiger partial charge in [-0.2, -0.15) is 9.49 Å². The number of hydrogen-bond donors (Lipinski definition) is 5. The van der Waals surface area contributed by atoms with E-state index in [4.69, 9.17) is 4.74 Å². The van der Waals surface area contributed by atoms with Crippen molar-refractivity contribution >= 4 is 16.8 Å². The molecule has 5 aromatic rings. The molecular weight excluding hydrogens is 589 g/mol. The van der Waals surface area contributed by atoms with Gasteiger partial charge in [-0.05, 0) is 41.8 Å². The summed E-state index contributed by atoms with van der Waals surface area (Å²) in [6, 6.07) is 10.2. The first-order valence-corrected chi connectivity index (χ1v) is 14.2. The number of carbonyl (C=O) groups is 1. The highest BCUT2D eigenvalue weighted by atomic mass is 19.1. The van der Waals surface area contributed by atoms with Crippen LogP contribution in [0.3, 0.4) is 0 Å². The predicted octanol–water partition coefficient (Wildman–Crippen LogP) is 1.93. The number of phenolic OH excluding ortho intramolecular Hbond substituents is 2. The lowest BCUT2D eigenvalue weighted by Gasteiger charge is -2.13. The number of aryl methyl sites for hydroxylation is 1. The van der Waals surface area contributed by atoms with Crippen molar-refractivity contribution < 1.29 is 24.1 Å². The van der Waals surface area contributed by atoms with E-state index in [1.54, 1.807) is 12.1 Å². The minimum atomic E-state index is -1.11. The number of nitrogens with zero attached hydrogens (tertiary/aromatic N) is 4. The van der Waals surface area contributed by atoms with Crippen molar-refractivity contribution in [2.45, 2.75) is 39.3 Å². The van der Waals surface area contributed by atoms with Gasteiger partial charge in [0.05, 0.1) is 30.7 Å².